The summed E-state index contributed by atoms with van der Waals surface area (Å²) in [4.78, 5) is 0. The molecule has 52 heavy (non-hydrogen) atoms. The first-order valence-electron chi connectivity index (χ1n) is 19.9. The quantitative estimate of drug-likeness (QED) is 0.141. The maximum absolute atomic E-state index is 16.5. The van der Waals surface area contributed by atoms with E-state index >= 15 is 4.39 Å². The van der Waals surface area contributed by atoms with Gasteiger partial charge in [0.25, 0.3) is 0 Å². The third-order valence-corrected chi connectivity index (χ3v) is 14.0. The van der Waals surface area contributed by atoms with Gasteiger partial charge in [-0.25, -0.2) is 4.39 Å². The van der Waals surface area contributed by atoms with Crippen LogP contribution in [0.25, 0.3) is 44.1 Å². The SMILES string of the molecule is CCCCc1ccc2c3c4[n+](ccc13)C(CC)(CC)C(CC[n+]1ccc3cccc5c3c1-c1c(C)cccc1C5(C)C)c1ccc(F)c(c1-4)C2(C)C. The lowest BCUT2D eigenvalue weighted by Gasteiger charge is -2.44. The van der Waals surface area contributed by atoms with E-state index in [1.54, 1.807) is 6.07 Å². The van der Waals surface area contributed by atoms with Crippen molar-refractivity contribution >= 4 is 21.5 Å². The molecule has 6 aromatic rings. The van der Waals surface area contributed by atoms with Crippen molar-refractivity contribution in [2.45, 2.75) is 123 Å². The van der Waals surface area contributed by atoms with E-state index in [-0.39, 0.29) is 22.7 Å². The lowest BCUT2D eigenvalue weighted by atomic mass is 9.62. The lowest BCUT2D eigenvalue weighted by Crippen LogP contribution is -2.63. The fraction of sp³-hybridized carbons (Fsp3) is 0.388. The standard InChI is InChI=1S/C49H53FN2/c1-9-12-16-31-20-22-38-42-33(31)25-29-52-46(42)43-34(21-23-39(50)44(43)48(38,7)8)35(49(52,10-2)11-3)26-28-51-27-24-32-17-14-19-37-41(32)45(51)40-30(4)15-13-18-36(40)47(37,5)6/h13-15,17-25,27,29,35H,9-12,16,26,28H2,1-8H3/q+2. The molecule has 0 N–H and O–H groups in total. The number of benzene rings is 4. The van der Waals surface area contributed by atoms with Crippen LogP contribution >= 0.6 is 0 Å². The second-order valence-corrected chi connectivity index (χ2v) is 17.1. The van der Waals surface area contributed by atoms with Gasteiger partial charge in [0.05, 0.1) is 27.8 Å². The number of fused-ring (bicyclic) bond motifs is 2. The fourth-order valence-electron chi connectivity index (χ4n) is 11.3. The zero-order valence-corrected chi connectivity index (χ0v) is 32.4. The van der Waals surface area contributed by atoms with Crippen LogP contribution in [0.5, 0.6) is 0 Å². The van der Waals surface area contributed by atoms with Crippen LogP contribution in [0.1, 0.15) is 125 Å². The molecule has 1 atom stereocenters. The molecule has 264 valence electrons. The van der Waals surface area contributed by atoms with Crippen LogP contribution < -0.4 is 9.13 Å². The van der Waals surface area contributed by atoms with Gasteiger partial charge in [-0.1, -0.05) is 109 Å². The first-order valence-corrected chi connectivity index (χ1v) is 19.9. The molecule has 0 fully saturated rings. The highest BCUT2D eigenvalue weighted by Gasteiger charge is 2.55. The summed E-state index contributed by atoms with van der Waals surface area (Å²) < 4.78 is 21.7. The number of nitrogens with zero attached hydrogens (tertiary/aromatic N) is 2. The molecular weight excluding hydrogens is 636 g/mol. The Bertz CT molecular complexity index is 2460. The smallest absolute Gasteiger partial charge is 0.207 e. The molecule has 0 radical (unpaired) electrons. The summed E-state index contributed by atoms with van der Waals surface area (Å²) in [5, 5.41) is 5.39. The normalized spacial score (nSPS) is 18.1. The van der Waals surface area contributed by atoms with E-state index in [4.69, 9.17) is 0 Å². The average Bonchev–Trinajstić information content (AvgIpc) is 3.14. The van der Waals surface area contributed by atoms with Crippen molar-refractivity contribution in [2.75, 3.05) is 0 Å². The Hall–Kier alpha value is -4.37. The Morgan fingerprint density at radius 3 is 2.23 bits per heavy atom. The molecule has 0 bridgehead atoms. The van der Waals surface area contributed by atoms with Gasteiger partial charge in [0.1, 0.15) is 12.4 Å². The Morgan fingerprint density at radius 2 is 1.46 bits per heavy atom. The van der Waals surface area contributed by atoms with Gasteiger partial charge < -0.3 is 0 Å². The van der Waals surface area contributed by atoms with Crippen molar-refractivity contribution in [3.63, 3.8) is 0 Å². The zero-order valence-electron chi connectivity index (χ0n) is 32.4. The number of hydrogen-bond acceptors (Lipinski definition) is 0. The molecule has 0 saturated carbocycles. The molecule has 9 rings (SSSR count). The van der Waals surface area contributed by atoms with E-state index in [1.165, 1.54) is 84.7 Å². The molecule has 1 aliphatic heterocycles. The van der Waals surface area contributed by atoms with Crippen LogP contribution in [-0.4, -0.2) is 0 Å². The van der Waals surface area contributed by atoms with Gasteiger partial charge in [-0.15, -0.1) is 0 Å². The van der Waals surface area contributed by atoms with Gasteiger partial charge in [-0.2, -0.15) is 9.13 Å². The third-order valence-electron chi connectivity index (χ3n) is 14.0. The molecule has 1 unspecified atom stereocenters. The molecule has 3 heteroatoms. The number of halogens is 1. The summed E-state index contributed by atoms with van der Waals surface area (Å²) >= 11 is 0. The van der Waals surface area contributed by atoms with E-state index in [0.717, 1.165) is 43.4 Å². The highest BCUT2D eigenvalue weighted by atomic mass is 19.1. The van der Waals surface area contributed by atoms with Crippen LogP contribution in [-0.2, 0) is 29.3 Å². The minimum absolute atomic E-state index is 0.0807. The van der Waals surface area contributed by atoms with Gasteiger partial charge in [-0.3, -0.25) is 0 Å². The van der Waals surface area contributed by atoms with Gasteiger partial charge in [0, 0.05) is 47.8 Å². The van der Waals surface area contributed by atoms with Crippen LogP contribution in [0, 0.1) is 12.7 Å². The van der Waals surface area contributed by atoms with E-state index in [2.05, 4.69) is 144 Å². The molecule has 2 aromatic heterocycles. The molecule has 3 aliphatic rings. The maximum Gasteiger partial charge on any atom is 0.221 e. The third kappa shape index (κ3) is 4.23. The lowest BCUT2D eigenvalue weighted by molar-refractivity contribution is -0.764. The Morgan fingerprint density at radius 1 is 0.712 bits per heavy atom. The van der Waals surface area contributed by atoms with Crippen molar-refractivity contribution in [2.24, 2.45) is 0 Å². The molecule has 2 nitrogen and oxygen atoms in total. The van der Waals surface area contributed by atoms with Crippen LogP contribution in [0.15, 0.2) is 85.2 Å². The van der Waals surface area contributed by atoms with Crippen molar-refractivity contribution in [3.05, 3.63) is 130 Å². The Kier molecular flexibility index (Phi) is 7.44. The summed E-state index contributed by atoms with van der Waals surface area (Å²) in [5.41, 5.74) is 13.5. The van der Waals surface area contributed by atoms with E-state index in [1.807, 2.05) is 0 Å². The molecule has 0 spiro atoms. The van der Waals surface area contributed by atoms with Crippen molar-refractivity contribution < 1.29 is 13.5 Å². The monoisotopic (exact) mass is 688 g/mol. The Balaban J connectivity index is 1.27. The summed E-state index contributed by atoms with van der Waals surface area (Å²) in [6.07, 6.45) is 11.1. The van der Waals surface area contributed by atoms with E-state index < -0.39 is 5.41 Å². The minimum Gasteiger partial charge on any atom is -0.207 e. The predicted molar refractivity (Wildman–Crippen MR) is 213 cm³/mol. The summed E-state index contributed by atoms with van der Waals surface area (Å²) in [7, 11) is 0. The van der Waals surface area contributed by atoms with Crippen LogP contribution in [0.2, 0.25) is 0 Å². The van der Waals surface area contributed by atoms with Gasteiger partial charge >= 0.3 is 0 Å². The highest BCUT2D eigenvalue weighted by Crippen LogP contribution is 2.57. The number of aromatic nitrogens is 2. The number of unbranched alkanes of at least 4 members (excludes halogenated alkanes) is 1. The topological polar surface area (TPSA) is 7.76 Å². The minimum atomic E-state index is -0.451. The van der Waals surface area contributed by atoms with Crippen molar-refractivity contribution in [1.82, 2.24) is 0 Å². The van der Waals surface area contributed by atoms with Crippen LogP contribution in [0.4, 0.5) is 4.39 Å². The van der Waals surface area contributed by atoms with Gasteiger partial charge in [-0.05, 0) is 70.0 Å². The molecule has 0 amide bonds. The fourth-order valence-corrected chi connectivity index (χ4v) is 11.3. The number of aryl methyl sites for hydroxylation is 3. The van der Waals surface area contributed by atoms with Crippen molar-refractivity contribution in [3.8, 4) is 22.5 Å². The summed E-state index contributed by atoms with van der Waals surface area (Å²) in [6.45, 7) is 19.4. The molecule has 2 aliphatic carbocycles. The largest absolute Gasteiger partial charge is 0.221 e. The van der Waals surface area contributed by atoms with E-state index in [0.29, 0.717) is 0 Å². The number of rotatable bonds is 8. The highest BCUT2D eigenvalue weighted by molar-refractivity contribution is 6.03. The first-order chi connectivity index (χ1) is 25.0. The second-order valence-electron chi connectivity index (χ2n) is 17.1. The summed E-state index contributed by atoms with van der Waals surface area (Å²) in [6, 6.07) is 27.0. The van der Waals surface area contributed by atoms with Crippen molar-refractivity contribution in [1.29, 1.82) is 0 Å². The summed E-state index contributed by atoms with van der Waals surface area (Å²) in [5.74, 6) is 0.136. The predicted octanol–water partition coefficient (Wildman–Crippen LogP) is 11.7. The maximum atomic E-state index is 16.5. The molecule has 3 heterocycles. The average molecular weight is 689 g/mol. The zero-order chi connectivity index (χ0) is 36.3. The molecular formula is C49H53FN2+2. The first kappa shape index (κ1) is 33.5. The second kappa shape index (κ2) is 11.6. The van der Waals surface area contributed by atoms with Gasteiger partial charge in [0.15, 0.2) is 17.9 Å². The molecule has 0 saturated heterocycles. The van der Waals surface area contributed by atoms with Gasteiger partial charge in [0.2, 0.25) is 11.4 Å². The van der Waals surface area contributed by atoms with Crippen LogP contribution in [0.3, 0.4) is 0 Å². The number of hydrogen-bond donors (Lipinski definition) is 0. The molecule has 4 aromatic carbocycles. The van der Waals surface area contributed by atoms with E-state index in [9.17, 15) is 0 Å². The Labute approximate surface area is 309 Å². The number of pyridine rings is 2.